The fourth-order valence-electron chi connectivity index (χ4n) is 2.70. The van der Waals surface area contributed by atoms with Crippen LogP contribution in [0.15, 0.2) is 24.3 Å². The Labute approximate surface area is 160 Å². The van der Waals surface area contributed by atoms with Crippen molar-refractivity contribution in [3.05, 3.63) is 29.3 Å². The van der Waals surface area contributed by atoms with Crippen molar-refractivity contribution >= 4 is 29.2 Å². The normalized spacial score (nSPS) is 15.5. The monoisotopic (exact) mass is 381 g/mol. The Bertz CT molecular complexity index is 573. The molecule has 0 saturated carbocycles. The van der Waals surface area contributed by atoms with Crippen molar-refractivity contribution in [1.29, 1.82) is 0 Å². The van der Waals surface area contributed by atoms with Crippen LogP contribution in [0.5, 0.6) is 0 Å². The van der Waals surface area contributed by atoms with Crippen LogP contribution >= 0.6 is 11.6 Å². The fraction of sp³-hybridized carbons (Fsp3) is 0.556. The molecule has 1 aliphatic rings. The minimum atomic E-state index is -0.323. The van der Waals surface area contributed by atoms with E-state index in [-0.39, 0.29) is 18.5 Å². The zero-order valence-corrected chi connectivity index (χ0v) is 16.0. The van der Waals surface area contributed by atoms with E-state index in [1.807, 2.05) is 0 Å². The minimum Gasteiger partial charge on any atom is -0.338 e. The van der Waals surface area contributed by atoms with Gasteiger partial charge in [0, 0.05) is 43.4 Å². The first-order valence-corrected chi connectivity index (χ1v) is 9.39. The van der Waals surface area contributed by atoms with E-state index in [0.29, 0.717) is 17.3 Å². The summed E-state index contributed by atoms with van der Waals surface area (Å²) in [5.41, 5.74) is 0.644. The molecule has 26 heavy (non-hydrogen) atoms. The minimum absolute atomic E-state index is 0.0737. The van der Waals surface area contributed by atoms with Gasteiger partial charge >= 0.3 is 6.03 Å². The highest BCUT2D eigenvalue weighted by Crippen LogP contribution is 2.12. The lowest BCUT2D eigenvalue weighted by Crippen LogP contribution is -2.44. The Kier molecular flexibility index (Phi) is 8.67. The Balaban J connectivity index is 1.49. The molecular formula is C18H28ClN5O2. The van der Waals surface area contributed by atoms with E-state index in [1.165, 1.54) is 0 Å². The quantitative estimate of drug-likeness (QED) is 0.598. The van der Waals surface area contributed by atoms with Crippen LogP contribution in [-0.2, 0) is 4.79 Å². The van der Waals surface area contributed by atoms with Crippen molar-refractivity contribution in [2.75, 3.05) is 58.2 Å². The Hall–Kier alpha value is -1.83. The highest BCUT2D eigenvalue weighted by atomic mass is 35.5. The van der Waals surface area contributed by atoms with Gasteiger partial charge in [-0.2, -0.15) is 0 Å². The molecule has 7 nitrogen and oxygen atoms in total. The molecule has 0 aromatic heterocycles. The first kappa shape index (κ1) is 20.5. The van der Waals surface area contributed by atoms with Crippen molar-refractivity contribution in [3.63, 3.8) is 0 Å². The molecule has 0 bridgehead atoms. The second-order valence-corrected chi connectivity index (χ2v) is 6.95. The third-order valence-electron chi connectivity index (χ3n) is 4.32. The van der Waals surface area contributed by atoms with Crippen LogP contribution in [-0.4, -0.2) is 74.6 Å². The lowest BCUT2D eigenvalue weighted by Gasteiger charge is -2.32. The predicted molar refractivity (Wildman–Crippen MR) is 105 cm³/mol. The molecule has 0 atom stereocenters. The molecule has 144 valence electrons. The summed E-state index contributed by atoms with van der Waals surface area (Å²) in [6, 6.07) is 6.48. The second kappa shape index (κ2) is 11.0. The number of unbranched alkanes of at least 4 members (excludes halogenated alkanes) is 1. The number of carbonyl (C=O) groups excluding carboxylic acids is 2. The van der Waals surface area contributed by atoms with Crippen LogP contribution in [0.2, 0.25) is 5.02 Å². The summed E-state index contributed by atoms with van der Waals surface area (Å²) in [5, 5.41) is 8.63. The SMILES string of the molecule is CN1CCN(CCCCNC(=O)NCC(=O)Nc2ccc(Cl)cc2)CC1. The Morgan fingerprint density at radius 1 is 1.04 bits per heavy atom. The van der Waals surface area contributed by atoms with E-state index < -0.39 is 0 Å². The fourth-order valence-corrected chi connectivity index (χ4v) is 2.82. The number of benzene rings is 1. The van der Waals surface area contributed by atoms with Gasteiger partial charge in [0.25, 0.3) is 0 Å². The number of rotatable bonds is 8. The molecule has 0 aliphatic carbocycles. The van der Waals surface area contributed by atoms with E-state index in [0.717, 1.165) is 45.6 Å². The molecule has 3 amide bonds. The van der Waals surface area contributed by atoms with Gasteiger partial charge in [0.1, 0.15) is 0 Å². The lowest BCUT2D eigenvalue weighted by molar-refractivity contribution is -0.115. The van der Waals surface area contributed by atoms with Crippen molar-refractivity contribution in [2.24, 2.45) is 0 Å². The molecule has 3 N–H and O–H groups in total. The van der Waals surface area contributed by atoms with Gasteiger partial charge in [0.2, 0.25) is 5.91 Å². The maximum Gasteiger partial charge on any atom is 0.315 e. The summed E-state index contributed by atoms with van der Waals surface area (Å²) >= 11 is 5.79. The molecule has 1 fully saturated rings. The number of nitrogens with one attached hydrogen (secondary N) is 3. The van der Waals surface area contributed by atoms with Crippen LogP contribution in [0.3, 0.4) is 0 Å². The van der Waals surface area contributed by atoms with Crippen molar-refractivity contribution < 1.29 is 9.59 Å². The first-order valence-electron chi connectivity index (χ1n) is 9.01. The third-order valence-corrected chi connectivity index (χ3v) is 4.57. The highest BCUT2D eigenvalue weighted by molar-refractivity contribution is 6.30. The number of urea groups is 1. The molecule has 2 rings (SSSR count). The molecule has 0 spiro atoms. The van der Waals surface area contributed by atoms with Crippen LogP contribution < -0.4 is 16.0 Å². The second-order valence-electron chi connectivity index (χ2n) is 6.52. The summed E-state index contributed by atoms with van der Waals surface area (Å²) in [5.74, 6) is -0.280. The van der Waals surface area contributed by atoms with Gasteiger partial charge in [-0.1, -0.05) is 11.6 Å². The van der Waals surface area contributed by atoms with E-state index in [4.69, 9.17) is 11.6 Å². The number of anilines is 1. The van der Waals surface area contributed by atoms with Gasteiger partial charge in [0.05, 0.1) is 6.54 Å². The average molecular weight is 382 g/mol. The van der Waals surface area contributed by atoms with Gasteiger partial charge in [0.15, 0.2) is 0 Å². The molecular weight excluding hydrogens is 354 g/mol. The number of halogens is 1. The predicted octanol–water partition coefficient (Wildman–Crippen LogP) is 1.61. The summed E-state index contributed by atoms with van der Waals surface area (Å²) in [7, 11) is 2.15. The summed E-state index contributed by atoms with van der Waals surface area (Å²) in [4.78, 5) is 28.3. The number of piperazine rings is 1. The van der Waals surface area contributed by atoms with E-state index >= 15 is 0 Å². The molecule has 0 radical (unpaired) electrons. The maximum atomic E-state index is 11.8. The standard InChI is InChI=1S/C18H28ClN5O2/c1-23-10-12-24(13-11-23)9-3-2-8-20-18(26)21-14-17(25)22-16-6-4-15(19)5-7-16/h4-7H,2-3,8-14H2,1H3,(H,22,25)(H2,20,21,26). The largest absolute Gasteiger partial charge is 0.338 e. The smallest absolute Gasteiger partial charge is 0.315 e. The molecule has 1 heterocycles. The number of nitrogens with zero attached hydrogens (tertiary/aromatic N) is 2. The maximum absolute atomic E-state index is 11.8. The number of hydrogen-bond acceptors (Lipinski definition) is 4. The topological polar surface area (TPSA) is 76.7 Å². The zero-order valence-electron chi connectivity index (χ0n) is 15.3. The van der Waals surface area contributed by atoms with Gasteiger partial charge in [-0.15, -0.1) is 0 Å². The summed E-state index contributed by atoms with van der Waals surface area (Å²) in [6.07, 6.45) is 1.98. The number of likely N-dealkylation sites (N-methyl/N-ethyl adjacent to an activating group) is 1. The van der Waals surface area contributed by atoms with Crippen LogP contribution in [0.4, 0.5) is 10.5 Å². The third kappa shape index (κ3) is 8.03. The van der Waals surface area contributed by atoms with Crippen molar-refractivity contribution in [2.45, 2.75) is 12.8 Å². The van der Waals surface area contributed by atoms with Crippen molar-refractivity contribution in [3.8, 4) is 0 Å². The first-order chi connectivity index (χ1) is 12.5. The van der Waals surface area contributed by atoms with Crippen LogP contribution in [0, 0.1) is 0 Å². The molecule has 1 aromatic carbocycles. The van der Waals surface area contributed by atoms with Crippen LogP contribution in [0.25, 0.3) is 0 Å². The van der Waals surface area contributed by atoms with Gasteiger partial charge in [-0.25, -0.2) is 4.79 Å². The Morgan fingerprint density at radius 2 is 1.73 bits per heavy atom. The lowest BCUT2D eigenvalue weighted by atomic mass is 10.2. The number of amides is 3. The summed E-state index contributed by atoms with van der Waals surface area (Å²) in [6.45, 7) is 6.09. The average Bonchev–Trinajstić information content (AvgIpc) is 2.63. The highest BCUT2D eigenvalue weighted by Gasteiger charge is 2.12. The number of carbonyl (C=O) groups is 2. The van der Waals surface area contributed by atoms with Gasteiger partial charge in [-0.3, -0.25) is 4.79 Å². The number of hydrogen-bond donors (Lipinski definition) is 3. The summed E-state index contributed by atoms with van der Waals surface area (Å²) < 4.78 is 0. The van der Waals surface area contributed by atoms with Crippen molar-refractivity contribution in [1.82, 2.24) is 20.4 Å². The molecule has 1 saturated heterocycles. The van der Waals surface area contributed by atoms with E-state index in [2.05, 4.69) is 32.8 Å². The van der Waals surface area contributed by atoms with E-state index in [9.17, 15) is 9.59 Å². The van der Waals surface area contributed by atoms with Gasteiger partial charge in [-0.05, 0) is 50.7 Å². The molecule has 1 aromatic rings. The Morgan fingerprint density at radius 3 is 2.42 bits per heavy atom. The zero-order chi connectivity index (χ0) is 18.8. The van der Waals surface area contributed by atoms with Crippen LogP contribution in [0.1, 0.15) is 12.8 Å². The molecule has 1 aliphatic heterocycles. The molecule has 0 unspecified atom stereocenters. The molecule has 8 heteroatoms. The van der Waals surface area contributed by atoms with Gasteiger partial charge < -0.3 is 25.8 Å². The van der Waals surface area contributed by atoms with E-state index in [1.54, 1.807) is 24.3 Å².